The first-order chi connectivity index (χ1) is 12.1. The van der Waals surface area contributed by atoms with Crippen molar-refractivity contribution in [3.63, 3.8) is 0 Å². The zero-order valence-electron chi connectivity index (χ0n) is 14.0. The summed E-state index contributed by atoms with van der Waals surface area (Å²) in [5, 5.41) is 8.84. The van der Waals surface area contributed by atoms with E-state index in [0.29, 0.717) is 24.2 Å². The van der Waals surface area contributed by atoms with Gasteiger partial charge in [-0.3, -0.25) is 9.59 Å². The minimum Gasteiger partial charge on any atom is -0.459 e. The largest absolute Gasteiger partial charge is 0.459 e. The number of carbonyl (C=O) groups excluding carboxylic acids is 2. The molecule has 1 saturated heterocycles. The van der Waals surface area contributed by atoms with Gasteiger partial charge in [0, 0.05) is 18.5 Å². The SMILES string of the molecule is COC1(C(=O)Nc2ccc(NC(=O)c3ccco3)cc2)CCNCC1. The summed E-state index contributed by atoms with van der Waals surface area (Å²) in [6.07, 6.45) is 2.71. The third-order valence-electron chi connectivity index (χ3n) is 4.36. The van der Waals surface area contributed by atoms with Crippen LogP contribution in [-0.2, 0) is 9.53 Å². The maximum atomic E-state index is 12.6. The molecule has 2 aromatic rings. The Morgan fingerprint density at radius 1 is 1.08 bits per heavy atom. The quantitative estimate of drug-likeness (QED) is 0.774. The van der Waals surface area contributed by atoms with E-state index in [0.717, 1.165) is 13.1 Å². The normalized spacial score (nSPS) is 16.2. The molecule has 0 saturated carbocycles. The number of anilines is 2. The number of piperidine rings is 1. The van der Waals surface area contributed by atoms with Gasteiger partial charge >= 0.3 is 0 Å². The Kier molecular flexibility index (Phi) is 5.16. The van der Waals surface area contributed by atoms with Crippen LogP contribution < -0.4 is 16.0 Å². The van der Waals surface area contributed by atoms with Crippen LogP contribution in [-0.4, -0.2) is 37.6 Å². The van der Waals surface area contributed by atoms with Crippen LogP contribution in [0.1, 0.15) is 23.4 Å². The number of benzene rings is 1. The fraction of sp³-hybridized carbons (Fsp3) is 0.333. The lowest BCUT2D eigenvalue weighted by atomic mass is 9.91. The van der Waals surface area contributed by atoms with Crippen molar-refractivity contribution in [1.29, 1.82) is 0 Å². The minimum atomic E-state index is -0.794. The summed E-state index contributed by atoms with van der Waals surface area (Å²) >= 11 is 0. The summed E-state index contributed by atoms with van der Waals surface area (Å²) in [6.45, 7) is 1.50. The van der Waals surface area contributed by atoms with E-state index in [-0.39, 0.29) is 17.6 Å². The summed E-state index contributed by atoms with van der Waals surface area (Å²) in [4.78, 5) is 24.5. The number of ether oxygens (including phenoxy) is 1. The number of methoxy groups -OCH3 is 1. The number of furan rings is 1. The van der Waals surface area contributed by atoms with Gasteiger partial charge < -0.3 is 25.1 Å². The van der Waals surface area contributed by atoms with Gasteiger partial charge in [0.25, 0.3) is 11.8 Å². The van der Waals surface area contributed by atoms with Gasteiger partial charge in [-0.2, -0.15) is 0 Å². The molecule has 1 aromatic carbocycles. The highest BCUT2D eigenvalue weighted by atomic mass is 16.5. The Bertz CT molecular complexity index is 719. The molecule has 7 nitrogen and oxygen atoms in total. The fourth-order valence-electron chi connectivity index (χ4n) is 2.84. The van der Waals surface area contributed by atoms with Crippen molar-refractivity contribution in [2.24, 2.45) is 0 Å². The standard InChI is InChI=1S/C18H21N3O4/c1-24-18(8-10-19-11-9-18)17(23)21-14-6-4-13(5-7-14)20-16(22)15-3-2-12-25-15/h2-7,12,19H,8-11H2,1H3,(H,20,22)(H,21,23). The van der Waals surface area contributed by atoms with Gasteiger partial charge in [-0.25, -0.2) is 0 Å². The third kappa shape index (κ3) is 3.89. The van der Waals surface area contributed by atoms with E-state index in [9.17, 15) is 9.59 Å². The molecule has 132 valence electrons. The van der Waals surface area contributed by atoms with Gasteiger partial charge in [0.1, 0.15) is 5.60 Å². The molecule has 2 heterocycles. The lowest BCUT2D eigenvalue weighted by Gasteiger charge is -2.34. The molecule has 0 atom stereocenters. The molecular weight excluding hydrogens is 322 g/mol. The molecule has 0 radical (unpaired) electrons. The summed E-state index contributed by atoms with van der Waals surface area (Å²) in [5.74, 6) is -0.232. The van der Waals surface area contributed by atoms with Gasteiger partial charge in [-0.15, -0.1) is 0 Å². The number of carbonyl (C=O) groups is 2. The Morgan fingerprint density at radius 3 is 2.28 bits per heavy atom. The maximum Gasteiger partial charge on any atom is 0.291 e. The van der Waals surface area contributed by atoms with Crippen molar-refractivity contribution < 1.29 is 18.7 Å². The van der Waals surface area contributed by atoms with Crippen molar-refractivity contribution in [3.8, 4) is 0 Å². The third-order valence-corrected chi connectivity index (χ3v) is 4.36. The molecule has 7 heteroatoms. The number of hydrogen-bond donors (Lipinski definition) is 3. The second kappa shape index (κ2) is 7.50. The molecule has 1 aromatic heterocycles. The molecular formula is C18H21N3O4. The van der Waals surface area contributed by atoms with E-state index in [2.05, 4.69) is 16.0 Å². The molecule has 1 fully saturated rings. The van der Waals surface area contributed by atoms with Crippen LogP contribution in [0.25, 0.3) is 0 Å². The van der Waals surface area contributed by atoms with Crippen LogP contribution in [0.15, 0.2) is 47.1 Å². The van der Waals surface area contributed by atoms with E-state index >= 15 is 0 Å². The van der Waals surface area contributed by atoms with Crippen molar-refractivity contribution >= 4 is 23.2 Å². The average molecular weight is 343 g/mol. The highest BCUT2D eigenvalue weighted by Crippen LogP contribution is 2.25. The van der Waals surface area contributed by atoms with Gasteiger partial charge in [-0.1, -0.05) is 0 Å². The number of amides is 2. The summed E-state index contributed by atoms with van der Waals surface area (Å²) in [5.41, 5.74) is 0.468. The van der Waals surface area contributed by atoms with Crippen molar-refractivity contribution in [1.82, 2.24) is 5.32 Å². The van der Waals surface area contributed by atoms with Crippen LogP contribution in [0, 0.1) is 0 Å². The highest BCUT2D eigenvalue weighted by Gasteiger charge is 2.39. The van der Waals surface area contributed by atoms with Crippen LogP contribution in [0.4, 0.5) is 11.4 Å². The number of nitrogens with one attached hydrogen (secondary N) is 3. The summed E-state index contributed by atoms with van der Waals surface area (Å²) in [6, 6.07) is 10.2. The molecule has 25 heavy (non-hydrogen) atoms. The van der Waals surface area contributed by atoms with E-state index in [4.69, 9.17) is 9.15 Å². The minimum absolute atomic E-state index is 0.149. The van der Waals surface area contributed by atoms with Crippen molar-refractivity contribution in [2.75, 3.05) is 30.8 Å². The predicted octanol–water partition coefficient (Wildman–Crippen LogP) is 2.24. The number of hydrogen-bond acceptors (Lipinski definition) is 5. The zero-order valence-corrected chi connectivity index (χ0v) is 14.0. The second-order valence-corrected chi connectivity index (χ2v) is 5.91. The molecule has 1 aliphatic rings. The van der Waals surface area contributed by atoms with Crippen LogP contribution >= 0.6 is 0 Å². The smallest absolute Gasteiger partial charge is 0.291 e. The molecule has 3 rings (SSSR count). The van der Waals surface area contributed by atoms with E-state index in [1.807, 2.05) is 0 Å². The second-order valence-electron chi connectivity index (χ2n) is 5.91. The van der Waals surface area contributed by atoms with E-state index < -0.39 is 5.60 Å². The molecule has 0 spiro atoms. The van der Waals surface area contributed by atoms with Crippen LogP contribution in [0.2, 0.25) is 0 Å². The Morgan fingerprint density at radius 2 is 1.72 bits per heavy atom. The predicted molar refractivity (Wildman–Crippen MR) is 93.6 cm³/mol. The van der Waals surface area contributed by atoms with E-state index in [1.54, 1.807) is 43.5 Å². The first kappa shape index (κ1) is 17.2. The number of rotatable bonds is 5. The molecule has 1 aliphatic heterocycles. The van der Waals surface area contributed by atoms with E-state index in [1.165, 1.54) is 6.26 Å². The van der Waals surface area contributed by atoms with Gasteiger partial charge in [-0.05, 0) is 62.3 Å². The molecule has 0 aliphatic carbocycles. The highest BCUT2D eigenvalue weighted by molar-refractivity contribution is 6.02. The fourth-order valence-corrected chi connectivity index (χ4v) is 2.84. The van der Waals surface area contributed by atoms with Gasteiger partial charge in [0.05, 0.1) is 6.26 Å². The summed E-state index contributed by atoms with van der Waals surface area (Å²) in [7, 11) is 1.57. The average Bonchev–Trinajstić information content (AvgIpc) is 3.19. The molecule has 0 unspecified atom stereocenters. The first-order valence-corrected chi connectivity index (χ1v) is 8.15. The molecule has 2 amide bonds. The lowest BCUT2D eigenvalue weighted by Crippen LogP contribution is -2.51. The monoisotopic (exact) mass is 343 g/mol. The molecule has 3 N–H and O–H groups in total. The van der Waals surface area contributed by atoms with Crippen molar-refractivity contribution in [2.45, 2.75) is 18.4 Å². The van der Waals surface area contributed by atoms with Crippen molar-refractivity contribution in [3.05, 3.63) is 48.4 Å². The van der Waals surface area contributed by atoms with Gasteiger partial charge in [0.2, 0.25) is 0 Å². The maximum absolute atomic E-state index is 12.6. The van der Waals surface area contributed by atoms with Crippen LogP contribution in [0.5, 0.6) is 0 Å². The Labute approximate surface area is 145 Å². The first-order valence-electron chi connectivity index (χ1n) is 8.15. The molecule has 0 bridgehead atoms. The Hall–Kier alpha value is -2.64. The summed E-state index contributed by atoms with van der Waals surface area (Å²) < 4.78 is 10.6. The van der Waals surface area contributed by atoms with Crippen LogP contribution in [0.3, 0.4) is 0 Å². The zero-order chi connectivity index (χ0) is 17.7. The lowest BCUT2D eigenvalue weighted by molar-refractivity contribution is -0.140. The Balaban J connectivity index is 1.62. The van der Waals surface area contributed by atoms with Gasteiger partial charge in [0.15, 0.2) is 5.76 Å². The topological polar surface area (TPSA) is 92.6 Å².